The van der Waals surface area contributed by atoms with Gasteiger partial charge in [-0.25, -0.2) is 9.59 Å². The molecule has 0 atom stereocenters. The van der Waals surface area contributed by atoms with Crippen LogP contribution >= 0.6 is 11.6 Å². The number of aromatic amines is 2. The molecule has 1 aromatic heterocycles. The molecule has 0 unspecified atom stereocenters. The first-order valence-corrected chi connectivity index (χ1v) is 9.77. The van der Waals surface area contributed by atoms with Crippen LogP contribution < -0.4 is 21.2 Å². The largest absolute Gasteiger partial charge is 0.371 e. The van der Waals surface area contributed by atoms with Crippen molar-refractivity contribution in [3.05, 3.63) is 57.5 Å². The maximum Gasteiger partial charge on any atom is 0.323 e. The number of imidazole rings is 1. The van der Waals surface area contributed by atoms with Crippen LogP contribution in [0.2, 0.25) is 5.02 Å². The topological polar surface area (TPSA) is 93.0 Å². The van der Waals surface area contributed by atoms with Gasteiger partial charge in [0.1, 0.15) is 0 Å². The number of carbonyl (C=O) groups excluding carboxylic acids is 1. The van der Waals surface area contributed by atoms with Crippen molar-refractivity contribution in [2.24, 2.45) is 0 Å². The number of carbonyl (C=O) groups is 1. The average Bonchev–Trinajstić information content (AvgIpc) is 3.09. The number of piperidine rings is 1. The number of benzene rings is 2. The normalized spacial score (nSPS) is 14.2. The smallest absolute Gasteiger partial charge is 0.323 e. The Bertz CT molecular complexity index is 1050. The highest BCUT2D eigenvalue weighted by Gasteiger charge is 2.16. The fourth-order valence-electron chi connectivity index (χ4n) is 3.62. The number of nitrogens with one attached hydrogen (secondary N) is 4. The molecule has 3 aromatic rings. The van der Waals surface area contributed by atoms with Crippen molar-refractivity contribution in [3.63, 3.8) is 0 Å². The van der Waals surface area contributed by atoms with E-state index in [4.69, 9.17) is 11.6 Å². The number of amides is 2. The number of halogens is 1. The Morgan fingerprint density at radius 3 is 2.75 bits per heavy atom. The lowest BCUT2D eigenvalue weighted by Gasteiger charge is -2.31. The van der Waals surface area contributed by atoms with Crippen LogP contribution in [-0.4, -0.2) is 29.1 Å². The molecular formula is C20H22ClN5O2. The molecule has 1 aliphatic heterocycles. The van der Waals surface area contributed by atoms with E-state index in [1.165, 1.54) is 19.3 Å². The van der Waals surface area contributed by atoms with Crippen LogP contribution in [0.3, 0.4) is 0 Å². The number of H-pyrrole nitrogens is 2. The summed E-state index contributed by atoms with van der Waals surface area (Å²) < 4.78 is 0. The van der Waals surface area contributed by atoms with Crippen molar-refractivity contribution in [2.45, 2.75) is 25.8 Å². The highest BCUT2D eigenvalue weighted by Crippen LogP contribution is 2.27. The maximum atomic E-state index is 12.4. The van der Waals surface area contributed by atoms with E-state index in [1.54, 1.807) is 18.2 Å². The quantitative estimate of drug-likeness (QED) is 0.537. The first-order valence-electron chi connectivity index (χ1n) is 9.39. The fourth-order valence-corrected chi connectivity index (χ4v) is 3.79. The molecule has 4 rings (SSSR count). The van der Waals surface area contributed by atoms with Gasteiger partial charge in [0.2, 0.25) is 0 Å². The van der Waals surface area contributed by atoms with Crippen molar-refractivity contribution in [2.75, 3.05) is 23.3 Å². The molecule has 2 amide bonds. The summed E-state index contributed by atoms with van der Waals surface area (Å²) in [5.41, 5.74) is 3.55. The minimum atomic E-state index is -0.339. The monoisotopic (exact) mass is 399 g/mol. The maximum absolute atomic E-state index is 12.4. The zero-order valence-electron chi connectivity index (χ0n) is 15.3. The SMILES string of the molecule is O=C(NCc1ccc(Cl)cc1N1CCCCC1)Nc1cccc2[nH]c(=O)[nH]c12. The predicted octanol–water partition coefficient (Wildman–Crippen LogP) is 3.82. The molecule has 8 heteroatoms. The van der Waals surface area contributed by atoms with Crippen LogP contribution in [0.4, 0.5) is 16.2 Å². The zero-order chi connectivity index (χ0) is 19.5. The Kier molecular flexibility index (Phi) is 5.25. The molecule has 146 valence electrons. The van der Waals surface area contributed by atoms with Gasteiger partial charge in [-0.05, 0) is 49.1 Å². The third kappa shape index (κ3) is 3.99. The second-order valence-corrected chi connectivity index (χ2v) is 7.37. The van der Waals surface area contributed by atoms with Gasteiger partial charge in [-0.15, -0.1) is 0 Å². The molecule has 0 spiro atoms. The zero-order valence-corrected chi connectivity index (χ0v) is 16.1. The Labute approximate surface area is 167 Å². The molecule has 0 saturated carbocycles. The lowest BCUT2D eigenvalue weighted by atomic mass is 10.1. The highest BCUT2D eigenvalue weighted by atomic mass is 35.5. The molecule has 0 bridgehead atoms. The summed E-state index contributed by atoms with van der Waals surface area (Å²) in [6, 6.07) is 10.7. The lowest BCUT2D eigenvalue weighted by molar-refractivity contribution is 0.252. The van der Waals surface area contributed by atoms with Crippen LogP contribution in [0.5, 0.6) is 0 Å². The Morgan fingerprint density at radius 2 is 1.93 bits per heavy atom. The predicted molar refractivity (Wildman–Crippen MR) is 112 cm³/mol. The van der Waals surface area contributed by atoms with Gasteiger partial charge in [0.15, 0.2) is 0 Å². The van der Waals surface area contributed by atoms with E-state index >= 15 is 0 Å². The van der Waals surface area contributed by atoms with Gasteiger partial charge >= 0.3 is 11.7 Å². The first kappa shape index (κ1) is 18.4. The van der Waals surface area contributed by atoms with Gasteiger partial charge in [0.05, 0.1) is 16.7 Å². The fraction of sp³-hybridized carbons (Fsp3) is 0.300. The van der Waals surface area contributed by atoms with E-state index < -0.39 is 0 Å². The van der Waals surface area contributed by atoms with Crippen molar-refractivity contribution in [3.8, 4) is 0 Å². The second-order valence-electron chi connectivity index (χ2n) is 6.94. The van der Waals surface area contributed by atoms with Gasteiger partial charge < -0.3 is 25.5 Å². The summed E-state index contributed by atoms with van der Waals surface area (Å²) in [5, 5.41) is 6.39. The molecule has 7 nitrogen and oxygen atoms in total. The number of rotatable bonds is 4. The Hall–Kier alpha value is -2.93. The number of fused-ring (bicyclic) bond motifs is 1. The van der Waals surface area contributed by atoms with Crippen molar-refractivity contribution in [1.29, 1.82) is 0 Å². The van der Waals surface area contributed by atoms with E-state index in [2.05, 4.69) is 25.5 Å². The van der Waals surface area contributed by atoms with Crippen LogP contribution in [-0.2, 0) is 6.54 Å². The summed E-state index contributed by atoms with van der Waals surface area (Å²) in [4.78, 5) is 31.6. The van der Waals surface area contributed by atoms with Crippen molar-refractivity contribution < 1.29 is 4.79 Å². The molecule has 4 N–H and O–H groups in total. The molecule has 0 radical (unpaired) electrons. The number of para-hydroxylation sites is 1. The number of hydrogen-bond acceptors (Lipinski definition) is 3. The van der Waals surface area contributed by atoms with E-state index in [9.17, 15) is 9.59 Å². The standard InChI is InChI=1S/C20H22ClN5O2/c21-14-8-7-13(17(11-14)26-9-2-1-3-10-26)12-22-19(27)23-15-5-4-6-16-18(15)25-20(28)24-16/h4-8,11H,1-3,9-10,12H2,(H2,22,23,27)(H2,24,25,28). The summed E-state index contributed by atoms with van der Waals surface area (Å²) in [6.45, 7) is 2.39. The van der Waals surface area contributed by atoms with Gasteiger partial charge in [-0.2, -0.15) is 0 Å². The molecule has 1 fully saturated rings. The van der Waals surface area contributed by atoms with E-state index in [0.29, 0.717) is 28.3 Å². The Balaban J connectivity index is 1.47. The van der Waals surface area contributed by atoms with Crippen LogP contribution in [0.1, 0.15) is 24.8 Å². The van der Waals surface area contributed by atoms with Crippen LogP contribution in [0, 0.1) is 0 Å². The molecule has 28 heavy (non-hydrogen) atoms. The lowest BCUT2D eigenvalue weighted by Crippen LogP contribution is -2.32. The number of urea groups is 1. The molecule has 2 heterocycles. The summed E-state index contributed by atoms with van der Waals surface area (Å²) in [6.07, 6.45) is 3.58. The molecule has 2 aromatic carbocycles. The summed E-state index contributed by atoms with van der Waals surface area (Å²) in [5.74, 6) is 0. The van der Waals surface area contributed by atoms with Gasteiger partial charge in [-0.3, -0.25) is 0 Å². The highest BCUT2D eigenvalue weighted by molar-refractivity contribution is 6.30. The minimum absolute atomic E-state index is 0.308. The number of anilines is 2. The number of aromatic nitrogens is 2. The van der Waals surface area contributed by atoms with E-state index in [-0.39, 0.29) is 11.7 Å². The van der Waals surface area contributed by atoms with Crippen LogP contribution in [0.15, 0.2) is 41.2 Å². The van der Waals surface area contributed by atoms with Crippen molar-refractivity contribution in [1.82, 2.24) is 15.3 Å². The van der Waals surface area contributed by atoms with Crippen molar-refractivity contribution >= 4 is 40.0 Å². The molecule has 1 saturated heterocycles. The van der Waals surface area contributed by atoms with Gasteiger partial charge in [0, 0.05) is 30.3 Å². The molecule has 1 aliphatic rings. The second kappa shape index (κ2) is 7.98. The van der Waals surface area contributed by atoms with E-state index in [0.717, 1.165) is 24.3 Å². The molecular weight excluding hydrogens is 378 g/mol. The molecule has 0 aliphatic carbocycles. The average molecular weight is 400 g/mol. The summed E-state index contributed by atoms with van der Waals surface area (Å²) >= 11 is 6.21. The number of hydrogen-bond donors (Lipinski definition) is 4. The third-order valence-electron chi connectivity index (χ3n) is 4.98. The summed E-state index contributed by atoms with van der Waals surface area (Å²) in [7, 11) is 0. The van der Waals surface area contributed by atoms with Crippen LogP contribution in [0.25, 0.3) is 11.0 Å². The first-order chi connectivity index (χ1) is 13.6. The minimum Gasteiger partial charge on any atom is -0.371 e. The number of nitrogens with zero attached hydrogens (tertiary/aromatic N) is 1. The van der Waals surface area contributed by atoms with Gasteiger partial charge in [0.25, 0.3) is 0 Å². The van der Waals surface area contributed by atoms with E-state index in [1.807, 2.05) is 18.2 Å². The third-order valence-corrected chi connectivity index (χ3v) is 5.22. The Morgan fingerprint density at radius 1 is 1.11 bits per heavy atom. The van der Waals surface area contributed by atoms with Gasteiger partial charge in [-0.1, -0.05) is 23.7 Å².